The summed E-state index contributed by atoms with van der Waals surface area (Å²) < 4.78 is 6.37. The molecule has 1 atom stereocenters. The molecule has 0 saturated heterocycles. The molecule has 3 heteroatoms. The number of unbranched alkanes of at least 4 members (excludes halogenated alkanes) is 4. The molecule has 0 aromatic heterocycles. The van der Waals surface area contributed by atoms with Crippen molar-refractivity contribution in [2.45, 2.75) is 52.4 Å². The molecule has 0 N–H and O–H groups in total. The number of rotatable bonds is 11. The van der Waals surface area contributed by atoms with Gasteiger partial charge >= 0.3 is 138 Å². The number of benzene rings is 1. The van der Waals surface area contributed by atoms with E-state index in [1.165, 1.54) is 36.6 Å². The molecule has 21 heavy (non-hydrogen) atoms. The first-order valence-electron chi connectivity index (χ1n) is 8.04. The van der Waals surface area contributed by atoms with Gasteiger partial charge in [-0.1, -0.05) is 0 Å². The molecule has 0 aliphatic heterocycles. The summed E-state index contributed by atoms with van der Waals surface area (Å²) in [5.74, 6) is 0. The Morgan fingerprint density at radius 2 is 1.86 bits per heavy atom. The number of hydrogen-bond acceptors (Lipinski definition) is 1. The van der Waals surface area contributed by atoms with Crippen LogP contribution >= 0.6 is 5.74 Å². The maximum atomic E-state index is 6.37. The summed E-state index contributed by atoms with van der Waals surface area (Å²) in [6.45, 7) is 9.07. The minimum atomic E-state index is -1.59. The summed E-state index contributed by atoms with van der Waals surface area (Å²) in [7, 11) is 0. The first kappa shape index (κ1) is 18.9. The van der Waals surface area contributed by atoms with Crippen LogP contribution in [0, 0.1) is 6.92 Å². The molecule has 1 aromatic carbocycles. The molecular weight excluding hydrogens is 342 g/mol. The predicted octanol–water partition coefficient (Wildman–Crippen LogP) is 5.20. The van der Waals surface area contributed by atoms with Crippen LogP contribution in [0.25, 0.3) is 0 Å². The van der Waals surface area contributed by atoms with Crippen molar-refractivity contribution in [3.8, 4) is 0 Å². The summed E-state index contributed by atoms with van der Waals surface area (Å²) in [6.07, 6.45) is 10.3. The zero-order valence-corrected chi connectivity index (χ0v) is 16.1. The predicted molar refractivity (Wildman–Crippen MR) is 97.9 cm³/mol. The fourth-order valence-corrected chi connectivity index (χ4v) is 6.44. The van der Waals surface area contributed by atoms with Crippen molar-refractivity contribution in [1.29, 1.82) is 0 Å². The summed E-state index contributed by atoms with van der Waals surface area (Å²) in [4.78, 5) is 0. The van der Waals surface area contributed by atoms with Crippen LogP contribution in [0.1, 0.15) is 51.0 Å². The van der Waals surface area contributed by atoms with Crippen molar-refractivity contribution in [3.05, 3.63) is 42.5 Å². The van der Waals surface area contributed by atoms with Gasteiger partial charge in [-0.25, -0.2) is 0 Å². The van der Waals surface area contributed by atoms with Gasteiger partial charge in [0, 0.05) is 0 Å². The standard InChI is InChI=1S/C18H29OPSe/c1-4-6-8-9-15-19-20(21,16-10-7-5-2)18-13-11-17(3)12-14-18/h5,11-14H,2,4,6-10,15-16H2,1,3H3. The SMILES string of the molecule is C=CCCCP(=[Se])(OCCCCCC)c1ccc(C)cc1. The van der Waals surface area contributed by atoms with Crippen LogP contribution in [0.2, 0.25) is 0 Å². The second-order valence-corrected chi connectivity index (χ2v) is 11.8. The van der Waals surface area contributed by atoms with Gasteiger partial charge in [-0.15, -0.1) is 0 Å². The second kappa shape index (κ2) is 10.6. The topological polar surface area (TPSA) is 9.23 Å². The van der Waals surface area contributed by atoms with Crippen molar-refractivity contribution in [2.75, 3.05) is 12.8 Å². The second-order valence-electron chi connectivity index (χ2n) is 5.56. The molecule has 0 fully saturated rings. The van der Waals surface area contributed by atoms with Crippen molar-refractivity contribution >= 4 is 26.1 Å². The Morgan fingerprint density at radius 3 is 2.48 bits per heavy atom. The van der Waals surface area contributed by atoms with Gasteiger partial charge in [0.15, 0.2) is 0 Å². The van der Waals surface area contributed by atoms with Crippen LogP contribution in [0.5, 0.6) is 0 Å². The van der Waals surface area contributed by atoms with Gasteiger partial charge in [-0.05, 0) is 0 Å². The summed E-state index contributed by atoms with van der Waals surface area (Å²) in [5, 5.41) is 1.35. The van der Waals surface area contributed by atoms with Crippen molar-refractivity contribution in [2.24, 2.45) is 0 Å². The van der Waals surface area contributed by atoms with Crippen LogP contribution in [0.15, 0.2) is 36.9 Å². The monoisotopic (exact) mass is 372 g/mol. The molecular formula is C18H29OPSe. The maximum absolute atomic E-state index is 6.37. The van der Waals surface area contributed by atoms with E-state index in [0.29, 0.717) is 0 Å². The van der Waals surface area contributed by atoms with Gasteiger partial charge in [0.2, 0.25) is 0 Å². The molecule has 1 unspecified atom stereocenters. The molecule has 1 nitrogen and oxygen atoms in total. The molecule has 1 rings (SSSR count). The normalized spacial score (nSPS) is 13.8. The van der Waals surface area contributed by atoms with E-state index < -0.39 is 5.74 Å². The fourth-order valence-electron chi connectivity index (χ4n) is 2.22. The Bertz CT molecular complexity index is 453. The van der Waals surface area contributed by atoms with Crippen LogP contribution in [-0.4, -0.2) is 27.9 Å². The summed E-state index contributed by atoms with van der Waals surface area (Å²) >= 11 is 3.43. The van der Waals surface area contributed by atoms with Gasteiger partial charge in [0.1, 0.15) is 0 Å². The molecule has 0 radical (unpaired) electrons. The van der Waals surface area contributed by atoms with Crippen LogP contribution in [-0.2, 0) is 4.52 Å². The first-order valence-corrected chi connectivity index (χ1v) is 12.1. The van der Waals surface area contributed by atoms with E-state index in [1.807, 2.05) is 6.08 Å². The average molecular weight is 371 g/mol. The third-order valence-corrected chi connectivity index (χ3v) is 9.31. The summed E-state index contributed by atoms with van der Waals surface area (Å²) in [6, 6.07) is 8.85. The van der Waals surface area contributed by atoms with Gasteiger partial charge in [-0.3, -0.25) is 0 Å². The molecule has 118 valence electrons. The van der Waals surface area contributed by atoms with E-state index >= 15 is 0 Å². The van der Waals surface area contributed by atoms with Gasteiger partial charge < -0.3 is 0 Å². The van der Waals surface area contributed by atoms with E-state index in [4.69, 9.17) is 4.52 Å². The van der Waals surface area contributed by atoms with Crippen molar-refractivity contribution in [3.63, 3.8) is 0 Å². The first-order chi connectivity index (χ1) is 10.1. The van der Waals surface area contributed by atoms with Crippen LogP contribution < -0.4 is 5.30 Å². The van der Waals surface area contributed by atoms with E-state index in [2.05, 4.69) is 59.8 Å². The van der Waals surface area contributed by atoms with E-state index in [1.54, 1.807) is 0 Å². The summed E-state index contributed by atoms with van der Waals surface area (Å²) in [5.41, 5.74) is -0.288. The third kappa shape index (κ3) is 7.11. The Morgan fingerprint density at radius 1 is 1.14 bits per heavy atom. The Balaban J connectivity index is 2.67. The van der Waals surface area contributed by atoms with E-state index in [9.17, 15) is 0 Å². The molecule has 0 heterocycles. The number of aryl methyl sites for hydroxylation is 1. The molecule has 0 spiro atoms. The van der Waals surface area contributed by atoms with Crippen LogP contribution in [0.3, 0.4) is 0 Å². The Hall–Kier alpha value is -0.131. The third-order valence-electron chi connectivity index (χ3n) is 3.59. The molecule has 1 aromatic rings. The molecule has 0 aliphatic rings. The quantitative estimate of drug-likeness (QED) is 0.225. The molecule has 0 amide bonds. The minimum absolute atomic E-state index is 0.878. The van der Waals surface area contributed by atoms with Crippen molar-refractivity contribution in [1.82, 2.24) is 0 Å². The zero-order valence-electron chi connectivity index (χ0n) is 13.5. The van der Waals surface area contributed by atoms with Crippen LogP contribution in [0.4, 0.5) is 0 Å². The van der Waals surface area contributed by atoms with Gasteiger partial charge in [0.05, 0.1) is 0 Å². The van der Waals surface area contributed by atoms with E-state index in [0.717, 1.165) is 25.6 Å². The molecule has 0 bridgehead atoms. The van der Waals surface area contributed by atoms with Crippen molar-refractivity contribution < 1.29 is 4.52 Å². The molecule has 0 aliphatic carbocycles. The number of allylic oxidation sites excluding steroid dienone is 1. The fraction of sp³-hybridized carbons (Fsp3) is 0.556. The van der Waals surface area contributed by atoms with E-state index in [-0.39, 0.29) is 0 Å². The van der Waals surface area contributed by atoms with Gasteiger partial charge in [0.25, 0.3) is 0 Å². The Kier molecular flexibility index (Phi) is 9.52. The average Bonchev–Trinajstić information content (AvgIpc) is 2.48. The zero-order chi connectivity index (χ0) is 15.6. The Labute approximate surface area is 138 Å². The molecule has 0 saturated carbocycles. The van der Waals surface area contributed by atoms with Gasteiger partial charge in [-0.2, -0.15) is 0 Å². The number of hydrogen-bond donors (Lipinski definition) is 0.